The number of carbonyl (C=O) groups is 1. The molecule has 1 amide bonds. The topological polar surface area (TPSA) is 83.0 Å². The van der Waals surface area contributed by atoms with E-state index < -0.39 is 10.0 Å². The predicted octanol–water partition coefficient (Wildman–Crippen LogP) is 4.87. The maximum atomic E-state index is 13.2. The van der Waals surface area contributed by atoms with E-state index in [-0.39, 0.29) is 16.8 Å². The van der Waals surface area contributed by atoms with Crippen molar-refractivity contribution in [2.45, 2.75) is 43.0 Å². The molecule has 0 spiro atoms. The number of hydrogen-bond acceptors (Lipinski definition) is 7. The van der Waals surface area contributed by atoms with Crippen molar-refractivity contribution in [2.24, 2.45) is 0 Å². The average Bonchev–Trinajstić information content (AvgIpc) is 3.40. The van der Waals surface area contributed by atoms with Crippen LogP contribution in [0.2, 0.25) is 5.02 Å². The van der Waals surface area contributed by atoms with Crippen molar-refractivity contribution in [1.82, 2.24) is 14.2 Å². The summed E-state index contributed by atoms with van der Waals surface area (Å²) in [6.45, 7) is 2.38. The lowest BCUT2D eigenvalue weighted by Crippen LogP contribution is -2.48. The second-order valence-electron chi connectivity index (χ2n) is 9.54. The number of aromatic nitrogens is 1. The lowest BCUT2D eigenvalue weighted by Gasteiger charge is -2.34. The van der Waals surface area contributed by atoms with E-state index in [0.29, 0.717) is 42.5 Å². The van der Waals surface area contributed by atoms with Crippen molar-refractivity contribution in [3.63, 3.8) is 0 Å². The largest absolute Gasteiger partial charge is 0.494 e. The number of ether oxygens (including phenoxy) is 1. The van der Waals surface area contributed by atoms with Gasteiger partial charge in [-0.05, 0) is 49.2 Å². The van der Waals surface area contributed by atoms with E-state index in [1.54, 1.807) is 43.3 Å². The molecule has 2 heterocycles. The van der Waals surface area contributed by atoms with E-state index in [1.165, 1.54) is 22.1 Å². The highest BCUT2D eigenvalue weighted by Crippen LogP contribution is 2.39. The fraction of sp³-hybridized carbons (Fsp3) is 0.462. The molecule has 2 fully saturated rings. The Kier molecular flexibility index (Phi) is 7.63. The van der Waals surface area contributed by atoms with Crippen molar-refractivity contribution in [1.29, 1.82) is 0 Å². The summed E-state index contributed by atoms with van der Waals surface area (Å²) in [4.78, 5) is 22.1. The Morgan fingerprint density at radius 3 is 2.38 bits per heavy atom. The molecule has 11 heteroatoms. The Bertz CT molecular complexity index is 1380. The van der Waals surface area contributed by atoms with Crippen LogP contribution in [-0.4, -0.2) is 74.9 Å². The summed E-state index contributed by atoms with van der Waals surface area (Å²) >= 11 is 7.89. The summed E-state index contributed by atoms with van der Waals surface area (Å²) < 4.78 is 34.1. The lowest BCUT2D eigenvalue weighted by atomic mass is 9.96. The minimum absolute atomic E-state index is 0.0453. The average molecular weight is 563 g/mol. The van der Waals surface area contributed by atoms with Crippen LogP contribution in [0.3, 0.4) is 0 Å². The molecule has 1 aliphatic carbocycles. The number of benzene rings is 2. The number of methoxy groups -OCH3 is 1. The van der Waals surface area contributed by atoms with Crippen molar-refractivity contribution in [3.8, 4) is 5.75 Å². The Hall–Kier alpha value is -2.40. The van der Waals surface area contributed by atoms with Crippen LogP contribution in [0.5, 0.6) is 5.75 Å². The van der Waals surface area contributed by atoms with Crippen LogP contribution in [-0.2, 0) is 10.0 Å². The van der Waals surface area contributed by atoms with E-state index >= 15 is 0 Å². The number of anilines is 1. The minimum Gasteiger partial charge on any atom is -0.494 e. The molecular formula is C26H31ClN4O4S2. The van der Waals surface area contributed by atoms with Gasteiger partial charge < -0.3 is 14.5 Å². The van der Waals surface area contributed by atoms with Crippen LogP contribution >= 0.6 is 22.9 Å². The molecule has 3 aromatic rings. The fourth-order valence-corrected chi connectivity index (χ4v) is 7.82. The van der Waals surface area contributed by atoms with E-state index in [9.17, 15) is 13.2 Å². The number of carbonyl (C=O) groups excluding carboxylic acids is 1. The molecule has 2 aromatic carbocycles. The normalized spacial score (nSPS) is 17.5. The van der Waals surface area contributed by atoms with Gasteiger partial charge in [-0.25, -0.2) is 13.4 Å². The van der Waals surface area contributed by atoms with Crippen LogP contribution in [0.4, 0.5) is 5.13 Å². The van der Waals surface area contributed by atoms with E-state index in [0.717, 1.165) is 41.0 Å². The molecule has 1 saturated heterocycles. The summed E-state index contributed by atoms with van der Waals surface area (Å²) in [6.07, 6.45) is 5.09. The van der Waals surface area contributed by atoms with Crippen molar-refractivity contribution in [2.75, 3.05) is 45.2 Å². The van der Waals surface area contributed by atoms with Gasteiger partial charge in [-0.2, -0.15) is 4.31 Å². The third-order valence-corrected chi connectivity index (χ3v) is 10.9. The quantitative estimate of drug-likeness (QED) is 0.426. The molecule has 1 aromatic heterocycles. The zero-order valence-corrected chi connectivity index (χ0v) is 23.4. The minimum atomic E-state index is -3.59. The van der Waals surface area contributed by atoms with E-state index in [4.69, 9.17) is 21.3 Å². The second-order valence-corrected chi connectivity index (χ2v) is 12.9. The van der Waals surface area contributed by atoms with Crippen molar-refractivity contribution in [3.05, 3.63) is 47.0 Å². The van der Waals surface area contributed by atoms with Gasteiger partial charge >= 0.3 is 0 Å². The molecule has 0 bridgehead atoms. The maximum Gasteiger partial charge on any atom is 0.253 e. The highest BCUT2D eigenvalue weighted by molar-refractivity contribution is 7.89. The maximum absolute atomic E-state index is 13.2. The Balaban J connectivity index is 1.24. The highest BCUT2D eigenvalue weighted by Gasteiger charge is 2.30. The number of halogens is 1. The molecule has 37 heavy (non-hydrogen) atoms. The van der Waals surface area contributed by atoms with Gasteiger partial charge in [-0.15, -0.1) is 0 Å². The number of nitrogens with zero attached hydrogens (tertiary/aromatic N) is 4. The molecule has 5 rings (SSSR count). The van der Waals surface area contributed by atoms with Gasteiger partial charge in [0.2, 0.25) is 10.0 Å². The Morgan fingerprint density at radius 1 is 1.05 bits per heavy atom. The second kappa shape index (κ2) is 10.8. The molecule has 8 nitrogen and oxygen atoms in total. The van der Waals surface area contributed by atoms with Gasteiger partial charge in [-0.1, -0.05) is 42.2 Å². The van der Waals surface area contributed by atoms with Crippen LogP contribution in [0.1, 0.15) is 42.5 Å². The standard InChI is InChI=1S/C26H31ClN4O4S2/c1-29(19-6-4-3-5-7-19)37(33,34)20-10-8-18(9-11-20)25(32)30-14-16-31(17-15-30)26-28-23-22(35-2)13-12-21(27)24(23)36-26/h8-13,19H,3-7,14-17H2,1-2H3. The van der Waals surface area contributed by atoms with Gasteiger partial charge in [0.1, 0.15) is 11.3 Å². The van der Waals surface area contributed by atoms with Crippen molar-refractivity contribution < 1.29 is 17.9 Å². The van der Waals surface area contributed by atoms with E-state index in [1.807, 2.05) is 12.1 Å². The first-order valence-corrected chi connectivity index (χ1v) is 15.2. The third-order valence-electron chi connectivity index (χ3n) is 7.37. The highest BCUT2D eigenvalue weighted by atomic mass is 35.5. The number of amides is 1. The van der Waals surface area contributed by atoms with Gasteiger partial charge in [0.15, 0.2) is 5.13 Å². The van der Waals surface area contributed by atoms with E-state index in [2.05, 4.69) is 4.90 Å². The smallest absolute Gasteiger partial charge is 0.253 e. The number of thiazole rings is 1. The zero-order chi connectivity index (χ0) is 26.2. The van der Waals surface area contributed by atoms with Gasteiger partial charge in [-0.3, -0.25) is 4.79 Å². The van der Waals surface area contributed by atoms with Gasteiger partial charge in [0.05, 0.1) is 21.7 Å². The van der Waals surface area contributed by atoms with Gasteiger partial charge in [0, 0.05) is 44.8 Å². The van der Waals surface area contributed by atoms with Crippen LogP contribution in [0.25, 0.3) is 10.2 Å². The molecule has 1 aliphatic heterocycles. The molecule has 0 N–H and O–H groups in total. The third kappa shape index (κ3) is 5.16. The number of rotatable bonds is 6. The lowest BCUT2D eigenvalue weighted by molar-refractivity contribution is 0.0746. The Labute approximate surface area is 226 Å². The molecule has 2 aliphatic rings. The molecule has 0 unspecified atom stereocenters. The van der Waals surface area contributed by atoms with Crippen LogP contribution in [0, 0.1) is 0 Å². The molecule has 0 atom stereocenters. The fourth-order valence-electron chi connectivity index (χ4n) is 5.10. The van der Waals surface area contributed by atoms with Gasteiger partial charge in [0.25, 0.3) is 5.91 Å². The molecule has 1 saturated carbocycles. The zero-order valence-electron chi connectivity index (χ0n) is 21.0. The first kappa shape index (κ1) is 26.2. The first-order valence-electron chi connectivity index (χ1n) is 12.5. The first-order chi connectivity index (χ1) is 17.8. The summed E-state index contributed by atoms with van der Waals surface area (Å²) in [5.41, 5.74) is 1.24. The van der Waals surface area contributed by atoms with Crippen LogP contribution < -0.4 is 9.64 Å². The van der Waals surface area contributed by atoms with Crippen LogP contribution in [0.15, 0.2) is 41.3 Å². The summed E-state index contributed by atoms with van der Waals surface area (Å²) in [5, 5.41) is 1.49. The summed E-state index contributed by atoms with van der Waals surface area (Å²) in [6, 6.07) is 10.0. The monoisotopic (exact) mass is 562 g/mol. The Morgan fingerprint density at radius 2 is 1.73 bits per heavy atom. The molecule has 0 radical (unpaired) electrons. The predicted molar refractivity (Wildman–Crippen MR) is 148 cm³/mol. The summed E-state index contributed by atoms with van der Waals surface area (Å²) in [7, 11) is -0.305. The molecular weight excluding hydrogens is 532 g/mol. The summed E-state index contributed by atoms with van der Waals surface area (Å²) in [5.74, 6) is 0.587. The molecule has 198 valence electrons. The SMILES string of the molecule is COc1ccc(Cl)c2sc(N3CCN(C(=O)c4ccc(S(=O)(=O)N(C)C5CCCCC5)cc4)CC3)nc12. The number of hydrogen-bond donors (Lipinski definition) is 0. The number of piperazine rings is 1. The number of fused-ring (bicyclic) bond motifs is 1. The number of sulfonamides is 1. The van der Waals surface area contributed by atoms with Crippen molar-refractivity contribution >= 4 is 54.2 Å².